The van der Waals surface area contributed by atoms with Crippen LogP contribution >= 0.6 is 11.6 Å². The number of likely N-dealkylation sites (tertiary alicyclic amines) is 1. The fourth-order valence-corrected chi connectivity index (χ4v) is 3.85. The number of nitrogen functional groups attached to an aromatic ring is 1. The molecule has 0 radical (unpaired) electrons. The lowest BCUT2D eigenvalue weighted by Crippen LogP contribution is -2.23. The summed E-state index contributed by atoms with van der Waals surface area (Å²) in [5, 5.41) is 7.88. The largest absolute Gasteiger partial charge is 0.491 e. The Morgan fingerprint density at radius 2 is 2.31 bits per heavy atom. The predicted molar refractivity (Wildman–Crippen MR) is 116 cm³/mol. The lowest BCUT2D eigenvalue weighted by atomic mass is 10.0. The van der Waals surface area contributed by atoms with Gasteiger partial charge in [0.2, 0.25) is 0 Å². The zero-order chi connectivity index (χ0) is 20.8. The molecular weight excluding hydrogens is 392 g/mol. The van der Waals surface area contributed by atoms with E-state index in [0.717, 1.165) is 43.7 Å². The van der Waals surface area contributed by atoms with Crippen LogP contribution in [-0.2, 0) is 0 Å². The summed E-state index contributed by atoms with van der Waals surface area (Å²) in [6.07, 6.45) is 5.39. The lowest BCUT2D eigenvalue weighted by molar-refractivity contribution is 0.252. The van der Waals surface area contributed by atoms with E-state index < -0.39 is 0 Å². The molecule has 0 aromatic carbocycles. The number of nitrogens with zero attached hydrogens (tertiary/aromatic N) is 3. The van der Waals surface area contributed by atoms with Crippen LogP contribution in [0.3, 0.4) is 0 Å². The van der Waals surface area contributed by atoms with Crippen molar-refractivity contribution in [2.75, 3.05) is 39.1 Å². The van der Waals surface area contributed by atoms with Crippen LogP contribution in [0.4, 0.5) is 5.82 Å². The van der Waals surface area contributed by atoms with Crippen molar-refractivity contribution in [2.24, 2.45) is 4.99 Å². The van der Waals surface area contributed by atoms with Crippen molar-refractivity contribution in [1.29, 1.82) is 5.41 Å². The summed E-state index contributed by atoms with van der Waals surface area (Å²) >= 11 is 6.29. The molecule has 2 aromatic heterocycles. The van der Waals surface area contributed by atoms with E-state index >= 15 is 0 Å². The molecule has 2 aromatic rings. The molecule has 0 amide bonds. The van der Waals surface area contributed by atoms with E-state index in [2.05, 4.69) is 19.9 Å². The molecule has 1 fully saturated rings. The van der Waals surface area contributed by atoms with Crippen LogP contribution in [0.25, 0.3) is 0 Å². The third-order valence-corrected chi connectivity index (χ3v) is 5.18. The number of aromatic amines is 1. The molecule has 1 atom stereocenters. The molecule has 3 heterocycles. The smallest absolute Gasteiger partial charge is 0.179 e. The molecule has 29 heavy (non-hydrogen) atoms. The first-order valence-corrected chi connectivity index (χ1v) is 9.97. The normalized spacial score (nSPS) is 17.5. The Hall–Kier alpha value is -2.58. The van der Waals surface area contributed by atoms with Crippen LogP contribution in [0.1, 0.15) is 36.9 Å². The standard InChI is InChI=1S/C20H27ClN6O2/c1-13(22)26-20(21)15-4-6-24-19(15)14-5-8-27(12-14)7-3-9-29-16-10-18(23)25-11-17(16)28-2/h4,6,10-11,14,22,24H,3,5,7-9,12H2,1-2H3,(H2,23,25). The third-order valence-electron chi connectivity index (χ3n) is 4.90. The highest BCUT2D eigenvalue weighted by Crippen LogP contribution is 2.30. The topological polar surface area (TPSA) is 113 Å². The number of nitrogens with one attached hydrogen (secondary N) is 2. The van der Waals surface area contributed by atoms with E-state index in [9.17, 15) is 0 Å². The Morgan fingerprint density at radius 3 is 3.07 bits per heavy atom. The van der Waals surface area contributed by atoms with Crippen molar-refractivity contribution in [3.05, 3.63) is 35.8 Å². The summed E-state index contributed by atoms with van der Waals surface area (Å²) in [6, 6.07) is 3.60. The minimum Gasteiger partial charge on any atom is -0.491 e. The zero-order valence-electron chi connectivity index (χ0n) is 16.7. The monoisotopic (exact) mass is 418 g/mol. The number of hydrogen-bond donors (Lipinski definition) is 3. The quantitative estimate of drug-likeness (QED) is 0.346. The van der Waals surface area contributed by atoms with Crippen molar-refractivity contribution in [3.8, 4) is 11.5 Å². The van der Waals surface area contributed by atoms with Crippen LogP contribution in [0.2, 0.25) is 0 Å². The Morgan fingerprint density at radius 1 is 1.48 bits per heavy atom. The van der Waals surface area contributed by atoms with Crippen molar-refractivity contribution in [3.63, 3.8) is 0 Å². The van der Waals surface area contributed by atoms with E-state index in [-0.39, 0.29) is 5.84 Å². The number of nitrogens with two attached hydrogens (primary N) is 1. The van der Waals surface area contributed by atoms with Gasteiger partial charge in [0.05, 0.1) is 19.9 Å². The highest BCUT2D eigenvalue weighted by molar-refractivity contribution is 6.70. The number of anilines is 1. The molecule has 156 valence electrons. The Kier molecular flexibility index (Phi) is 7.11. The summed E-state index contributed by atoms with van der Waals surface area (Å²) in [5.74, 6) is 2.17. The second kappa shape index (κ2) is 9.76. The number of H-pyrrole nitrogens is 1. The van der Waals surface area contributed by atoms with Gasteiger partial charge in [0.25, 0.3) is 0 Å². The first-order valence-electron chi connectivity index (χ1n) is 9.59. The molecule has 3 rings (SSSR count). The van der Waals surface area contributed by atoms with E-state index in [1.54, 1.807) is 26.3 Å². The van der Waals surface area contributed by atoms with Gasteiger partial charge in [-0.15, -0.1) is 0 Å². The van der Waals surface area contributed by atoms with Crippen molar-refractivity contribution in [1.82, 2.24) is 14.9 Å². The van der Waals surface area contributed by atoms with Gasteiger partial charge in [-0.3, -0.25) is 5.41 Å². The summed E-state index contributed by atoms with van der Waals surface area (Å²) in [4.78, 5) is 13.8. The molecule has 0 bridgehead atoms. The fourth-order valence-electron chi connectivity index (χ4n) is 3.55. The zero-order valence-corrected chi connectivity index (χ0v) is 17.5. The first kappa shape index (κ1) is 21.1. The SMILES string of the molecule is COc1cnc(N)cc1OCCCN1CCC(c2[nH]ccc2C(Cl)=NC(C)=N)C1. The van der Waals surface area contributed by atoms with Gasteiger partial charge in [-0.1, -0.05) is 11.6 Å². The average molecular weight is 419 g/mol. The highest BCUT2D eigenvalue weighted by atomic mass is 35.5. The van der Waals surface area contributed by atoms with Gasteiger partial charge in [-0.25, -0.2) is 9.98 Å². The Bertz CT molecular complexity index is 882. The van der Waals surface area contributed by atoms with Crippen molar-refractivity contribution >= 4 is 28.4 Å². The number of hydrogen-bond acceptors (Lipinski definition) is 6. The molecule has 0 aliphatic carbocycles. The molecule has 1 saturated heterocycles. The van der Waals surface area contributed by atoms with Crippen LogP contribution in [0.5, 0.6) is 11.5 Å². The second-order valence-corrected chi connectivity index (χ2v) is 7.40. The van der Waals surface area contributed by atoms with E-state index in [0.29, 0.717) is 35.0 Å². The van der Waals surface area contributed by atoms with Gasteiger partial charge in [-0.05, 0) is 32.4 Å². The molecule has 1 unspecified atom stereocenters. The number of aromatic nitrogens is 2. The first-order chi connectivity index (χ1) is 14.0. The maximum absolute atomic E-state index is 7.51. The Balaban J connectivity index is 1.50. The maximum atomic E-state index is 7.51. The maximum Gasteiger partial charge on any atom is 0.179 e. The summed E-state index contributed by atoms with van der Waals surface area (Å²) in [6.45, 7) is 5.10. The minimum atomic E-state index is 0.197. The van der Waals surface area contributed by atoms with Gasteiger partial charge in [0, 0.05) is 42.5 Å². The number of rotatable bonds is 8. The van der Waals surface area contributed by atoms with Crippen LogP contribution in [0.15, 0.2) is 29.5 Å². The van der Waals surface area contributed by atoms with Crippen molar-refractivity contribution < 1.29 is 9.47 Å². The number of aliphatic imine (C=N–C) groups is 1. The van der Waals surface area contributed by atoms with E-state index in [4.69, 9.17) is 32.2 Å². The molecule has 1 aliphatic heterocycles. The van der Waals surface area contributed by atoms with E-state index in [1.807, 2.05) is 12.3 Å². The van der Waals surface area contributed by atoms with Crippen LogP contribution in [-0.4, -0.2) is 59.2 Å². The molecule has 0 saturated carbocycles. The number of amidine groups is 1. The van der Waals surface area contributed by atoms with Gasteiger partial charge in [0.15, 0.2) is 11.5 Å². The molecular formula is C20H27ClN6O2. The lowest BCUT2D eigenvalue weighted by Gasteiger charge is -2.17. The molecule has 4 N–H and O–H groups in total. The minimum absolute atomic E-state index is 0.197. The van der Waals surface area contributed by atoms with Gasteiger partial charge < -0.3 is 25.1 Å². The molecule has 8 nitrogen and oxygen atoms in total. The van der Waals surface area contributed by atoms with Gasteiger partial charge in [-0.2, -0.15) is 0 Å². The summed E-state index contributed by atoms with van der Waals surface area (Å²) in [5.41, 5.74) is 7.70. The van der Waals surface area contributed by atoms with Crippen LogP contribution < -0.4 is 15.2 Å². The second-order valence-electron chi connectivity index (χ2n) is 7.04. The highest BCUT2D eigenvalue weighted by Gasteiger charge is 2.27. The van der Waals surface area contributed by atoms with Gasteiger partial charge >= 0.3 is 0 Å². The van der Waals surface area contributed by atoms with E-state index in [1.165, 1.54) is 0 Å². The third kappa shape index (κ3) is 5.48. The number of pyridine rings is 1. The summed E-state index contributed by atoms with van der Waals surface area (Å²) < 4.78 is 11.1. The number of halogens is 1. The molecule has 1 aliphatic rings. The molecule has 9 heteroatoms. The average Bonchev–Trinajstić information content (AvgIpc) is 3.34. The van der Waals surface area contributed by atoms with Crippen LogP contribution in [0, 0.1) is 5.41 Å². The van der Waals surface area contributed by atoms with Gasteiger partial charge in [0.1, 0.15) is 16.8 Å². The van der Waals surface area contributed by atoms with Crippen molar-refractivity contribution in [2.45, 2.75) is 25.7 Å². The summed E-state index contributed by atoms with van der Waals surface area (Å²) in [7, 11) is 1.58. The number of ether oxygens (including phenoxy) is 2. The Labute approximate surface area is 175 Å². The predicted octanol–water partition coefficient (Wildman–Crippen LogP) is 3.24. The molecule has 0 spiro atoms. The fraction of sp³-hybridized carbons (Fsp3) is 0.450. The number of methoxy groups -OCH3 is 1.